The molecule has 1 fully saturated rings. The zero-order chi connectivity index (χ0) is 15.6. The Morgan fingerprint density at radius 3 is 2.76 bits per heavy atom. The lowest BCUT2D eigenvalue weighted by Gasteiger charge is -2.22. The highest BCUT2D eigenvalue weighted by Gasteiger charge is 2.30. The van der Waals surface area contributed by atoms with Gasteiger partial charge in [0.15, 0.2) is 9.84 Å². The van der Waals surface area contributed by atoms with E-state index < -0.39 is 15.8 Å². The molecular formula is C14H18ClNO4S. The first kappa shape index (κ1) is 16.1. The second kappa shape index (κ2) is 6.23. The van der Waals surface area contributed by atoms with E-state index in [9.17, 15) is 13.2 Å². The molecule has 1 atom stereocenters. The van der Waals surface area contributed by atoms with Gasteiger partial charge in [0, 0.05) is 11.1 Å². The van der Waals surface area contributed by atoms with Crippen LogP contribution in [0.4, 0.5) is 5.69 Å². The van der Waals surface area contributed by atoms with Gasteiger partial charge in [-0.25, -0.2) is 8.42 Å². The number of hydrogen-bond acceptors (Lipinski definition) is 4. The maximum Gasteiger partial charge on any atom is 0.228 e. The molecule has 7 heteroatoms. The number of hydrogen-bond donors (Lipinski definition) is 1. The molecule has 1 aliphatic rings. The Morgan fingerprint density at radius 2 is 2.14 bits per heavy atom. The summed E-state index contributed by atoms with van der Waals surface area (Å²) in [6.45, 7) is 1.82. The van der Waals surface area contributed by atoms with Crippen LogP contribution >= 0.6 is 11.6 Å². The van der Waals surface area contributed by atoms with Gasteiger partial charge in [0.1, 0.15) is 5.75 Å². The molecule has 0 aromatic heterocycles. The molecule has 0 spiro atoms. The predicted molar refractivity (Wildman–Crippen MR) is 82.7 cm³/mol. The first-order chi connectivity index (χ1) is 9.82. The van der Waals surface area contributed by atoms with Gasteiger partial charge in [-0.3, -0.25) is 4.79 Å². The summed E-state index contributed by atoms with van der Waals surface area (Å²) >= 11 is 6.02. The van der Waals surface area contributed by atoms with Crippen LogP contribution < -0.4 is 10.1 Å². The van der Waals surface area contributed by atoms with Crippen molar-refractivity contribution in [3.8, 4) is 5.75 Å². The van der Waals surface area contributed by atoms with Gasteiger partial charge >= 0.3 is 0 Å². The molecule has 116 valence electrons. The van der Waals surface area contributed by atoms with Crippen molar-refractivity contribution in [3.63, 3.8) is 0 Å². The number of amides is 1. The fourth-order valence-electron chi connectivity index (χ4n) is 2.39. The summed E-state index contributed by atoms with van der Waals surface area (Å²) in [7, 11) is -1.63. The van der Waals surface area contributed by atoms with Crippen LogP contribution in [0.3, 0.4) is 0 Å². The largest absolute Gasteiger partial charge is 0.495 e. The number of halogens is 1. The summed E-state index contributed by atoms with van der Waals surface area (Å²) in [5, 5.41) is 3.30. The Balaban J connectivity index is 2.18. The van der Waals surface area contributed by atoms with Gasteiger partial charge in [0.2, 0.25) is 5.91 Å². The third kappa shape index (κ3) is 3.89. The van der Waals surface area contributed by atoms with Crippen molar-refractivity contribution in [2.45, 2.75) is 19.8 Å². The summed E-state index contributed by atoms with van der Waals surface area (Å²) in [5.41, 5.74) is 1.32. The molecule has 1 heterocycles. The molecule has 0 saturated carbocycles. The van der Waals surface area contributed by atoms with Gasteiger partial charge in [-0.1, -0.05) is 11.6 Å². The van der Waals surface area contributed by atoms with Crippen molar-refractivity contribution in [3.05, 3.63) is 22.7 Å². The Morgan fingerprint density at radius 1 is 1.43 bits per heavy atom. The zero-order valence-corrected chi connectivity index (χ0v) is 13.6. The fraction of sp³-hybridized carbons (Fsp3) is 0.500. The van der Waals surface area contributed by atoms with Gasteiger partial charge in [0.05, 0.1) is 30.2 Å². The Labute approximate surface area is 129 Å². The second-order valence-electron chi connectivity index (χ2n) is 5.24. The van der Waals surface area contributed by atoms with E-state index in [0.29, 0.717) is 29.3 Å². The minimum absolute atomic E-state index is 0.0896. The zero-order valence-electron chi connectivity index (χ0n) is 12.0. The molecule has 0 bridgehead atoms. The van der Waals surface area contributed by atoms with Gasteiger partial charge in [-0.15, -0.1) is 0 Å². The van der Waals surface area contributed by atoms with Gasteiger partial charge in [0.25, 0.3) is 0 Å². The Kier molecular flexibility index (Phi) is 4.78. The molecular weight excluding hydrogens is 314 g/mol. The monoisotopic (exact) mass is 331 g/mol. The van der Waals surface area contributed by atoms with Crippen LogP contribution in [0.15, 0.2) is 12.1 Å². The van der Waals surface area contributed by atoms with Crippen LogP contribution in [-0.2, 0) is 14.6 Å². The number of aryl methyl sites for hydroxylation is 1. The maximum atomic E-state index is 12.3. The summed E-state index contributed by atoms with van der Waals surface area (Å²) in [6, 6.07) is 3.35. The normalized spacial score (nSPS) is 20.8. The van der Waals surface area contributed by atoms with Crippen LogP contribution in [-0.4, -0.2) is 32.9 Å². The van der Waals surface area contributed by atoms with Gasteiger partial charge in [-0.2, -0.15) is 0 Å². The number of carbonyl (C=O) groups excluding carboxylic acids is 1. The third-order valence-electron chi connectivity index (χ3n) is 3.57. The van der Waals surface area contributed by atoms with Crippen molar-refractivity contribution in [2.75, 3.05) is 23.9 Å². The van der Waals surface area contributed by atoms with Crippen molar-refractivity contribution in [1.29, 1.82) is 0 Å². The molecule has 2 rings (SSSR count). The van der Waals surface area contributed by atoms with Crippen molar-refractivity contribution in [1.82, 2.24) is 0 Å². The molecule has 5 nitrogen and oxygen atoms in total. The number of sulfone groups is 1. The van der Waals surface area contributed by atoms with E-state index in [2.05, 4.69) is 5.32 Å². The minimum atomic E-state index is -3.11. The van der Waals surface area contributed by atoms with Crippen molar-refractivity contribution in [2.24, 2.45) is 5.92 Å². The molecule has 1 aliphatic heterocycles. The highest BCUT2D eigenvalue weighted by Crippen LogP contribution is 2.31. The van der Waals surface area contributed by atoms with Crippen molar-refractivity contribution >= 4 is 33.0 Å². The highest BCUT2D eigenvalue weighted by atomic mass is 35.5. The number of nitrogens with one attached hydrogen (secondary N) is 1. The van der Waals surface area contributed by atoms with E-state index >= 15 is 0 Å². The van der Waals surface area contributed by atoms with Crippen LogP contribution in [0.25, 0.3) is 0 Å². The van der Waals surface area contributed by atoms with E-state index in [-0.39, 0.29) is 17.4 Å². The second-order valence-corrected chi connectivity index (χ2v) is 7.88. The lowest BCUT2D eigenvalue weighted by atomic mass is 10.0. The average molecular weight is 332 g/mol. The van der Waals surface area contributed by atoms with E-state index in [1.54, 1.807) is 12.1 Å². The van der Waals surface area contributed by atoms with Gasteiger partial charge < -0.3 is 10.1 Å². The lowest BCUT2D eigenvalue weighted by molar-refractivity contribution is -0.119. The van der Waals surface area contributed by atoms with Crippen LogP contribution in [0.1, 0.15) is 18.4 Å². The Bertz CT molecular complexity index is 657. The fourth-order valence-corrected chi connectivity index (χ4v) is 4.25. The third-order valence-corrected chi connectivity index (χ3v) is 5.80. The summed E-state index contributed by atoms with van der Waals surface area (Å²) in [6.07, 6.45) is 1.11. The summed E-state index contributed by atoms with van der Waals surface area (Å²) < 4.78 is 28.4. The molecule has 1 N–H and O–H groups in total. The molecule has 0 radical (unpaired) electrons. The molecule has 21 heavy (non-hydrogen) atoms. The average Bonchev–Trinajstić information content (AvgIpc) is 2.41. The first-order valence-corrected chi connectivity index (χ1v) is 8.88. The first-order valence-electron chi connectivity index (χ1n) is 6.68. The van der Waals surface area contributed by atoms with Crippen LogP contribution in [0.5, 0.6) is 5.75 Å². The number of benzene rings is 1. The lowest BCUT2D eigenvalue weighted by Crippen LogP contribution is -2.34. The molecule has 1 amide bonds. The quantitative estimate of drug-likeness (QED) is 0.923. The van der Waals surface area contributed by atoms with Crippen LogP contribution in [0, 0.1) is 12.8 Å². The molecule has 1 saturated heterocycles. The number of ether oxygens (including phenoxy) is 1. The van der Waals surface area contributed by atoms with E-state index in [4.69, 9.17) is 16.3 Å². The Hall–Kier alpha value is -1.27. The van der Waals surface area contributed by atoms with Crippen LogP contribution in [0.2, 0.25) is 5.02 Å². The number of rotatable bonds is 3. The highest BCUT2D eigenvalue weighted by molar-refractivity contribution is 7.91. The molecule has 1 aromatic rings. The number of methoxy groups -OCH3 is 1. The van der Waals surface area contributed by atoms with E-state index in [1.165, 1.54) is 7.11 Å². The van der Waals surface area contributed by atoms with Crippen molar-refractivity contribution < 1.29 is 17.9 Å². The van der Waals surface area contributed by atoms with Gasteiger partial charge in [-0.05, 0) is 31.4 Å². The molecule has 1 aromatic carbocycles. The summed E-state index contributed by atoms with van der Waals surface area (Å²) in [4.78, 5) is 12.3. The molecule has 1 unspecified atom stereocenters. The number of carbonyl (C=O) groups is 1. The molecule has 0 aliphatic carbocycles. The smallest absolute Gasteiger partial charge is 0.228 e. The summed E-state index contributed by atoms with van der Waals surface area (Å²) in [5.74, 6) is -0.270. The van der Waals surface area contributed by atoms with E-state index in [1.807, 2.05) is 6.92 Å². The topological polar surface area (TPSA) is 72.5 Å². The maximum absolute atomic E-state index is 12.3. The standard InChI is InChI=1S/C14H18ClNO4S/c1-9-6-12(13(20-2)7-11(9)15)16-14(17)10-4-3-5-21(18,19)8-10/h6-7,10H,3-5,8H2,1-2H3,(H,16,17). The SMILES string of the molecule is COc1cc(Cl)c(C)cc1NC(=O)C1CCCS(=O)(=O)C1. The van der Waals surface area contributed by atoms with E-state index in [0.717, 1.165) is 5.56 Å². The number of anilines is 1. The minimum Gasteiger partial charge on any atom is -0.495 e. The predicted octanol–water partition coefficient (Wildman–Crippen LogP) is 2.42.